The van der Waals surface area contributed by atoms with E-state index in [-0.39, 0.29) is 24.9 Å². The molecule has 0 bridgehead atoms. The zero-order valence-corrected chi connectivity index (χ0v) is 12.6. The van der Waals surface area contributed by atoms with Crippen LogP contribution < -0.4 is 11.1 Å². The number of benzene rings is 1. The molecular weight excluding hydrogens is 268 g/mol. The van der Waals surface area contributed by atoms with Crippen LogP contribution >= 0.6 is 0 Å². The van der Waals surface area contributed by atoms with Gasteiger partial charge < -0.3 is 16.2 Å². The average Bonchev–Trinajstić information content (AvgIpc) is 2.45. The fourth-order valence-corrected chi connectivity index (χ4v) is 2.26. The molecule has 0 fully saturated rings. The van der Waals surface area contributed by atoms with E-state index in [1.807, 2.05) is 19.9 Å². The molecule has 0 saturated carbocycles. The summed E-state index contributed by atoms with van der Waals surface area (Å²) in [6, 6.07) is 8.90. The minimum absolute atomic E-state index is 0.0762. The van der Waals surface area contributed by atoms with Crippen LogP contribution in [0.15, 0.2) is 30.3 Å². The molecular formula is C16H24N2O3. The van der Waals surface area contributed by atoms with Crippen molar-refractivity contribution >= 4 is 11.9 Å². The summed E-state index contributed by atoms with van der Waals surface area (Å²) in [6.07, 6.45) is 0.700. The maximum Gasteiger partial charge on any atom is 0.312 e. The number of aliphatic carboxylic acids is 1. The smallest absolute Gasteiger partial charge is 0.312 e. The van der Waals surface area contributed by atoms with Crippen molar-refractivity contribution in [3.8, 4) is 0 Å². The van der Waals surface area contributed by atoms with E-state index in [9.17, 15) is 14.7 Å². The lowest BCUT2D eigenvalue weighted by atomic mass is 9.95. The average molecular weight is 292 g/mol. The fraction of sp³-hybridized carbons (Fsp3) is 0.500. The van der Waals surface area contributed by atoms with Crippen molar-refractivity contribution in [3.05, 3.63) is 35.9 Å². The second-order valence-electron chi connectivity index (χ2n) is 5.61. The standard InChI is InChI=1S/C16H24N2O3/c1-11(2)8-13(9-17)15(19)18-10-14(16(20)21)12-6-4-3-5-7-12/h3-7,11,13-14H,8-10,17H2,1-2H3,(H,18,19)(H,20,21). The van der Waals surface area contributed by atoms with Crippen LogP contribution in [0.25, 0.3) is 0 Å². The van der Waals surface area contributed by atoms with Gasteiger partial charge in [-0.1, -0.05) is 44.2 Å². The predicted octanol–water partition coefficient (Wildman–Crippen LogP) is 1.59. The summed E-state index contributed by atoms with van der Waals surface area (Å²) >= 11 is 0. The van der Waals surface area contributed by atoms with Gasteiger partial charge in [-0.25, -0.2) is 0 Å². The Labute approximate surface area is 125 Å². The van der Waals surface area contributed by atoms with Gasteiger partial charge in [-0.2, -0.15) is 0 Å². The predicted molar refractivity (Wildman–Crippen MR) is 81.8 cm³/mol. The van der Waals surface area contributed by atoms with E-state index < -0.39 is 11.9 Å². The summed E-state index contributed by atoms with van der Waals surface area (Å²) in [6.45, 7) is 4.40. The quantitative estimate of drug-likeness (QED) is 0.678. The van der Waals surface area contributed by atoms with Crippen LogP contribution in [0.4, 0.5) is 0 Å². The molecule has 116 valence electrons. The van der Waals surface area contributed by atoms with Gasteiger partial charge in [0.25, 0.3) is 0 Å². The lowest BCUT2D eigenvalue weighted by Gasteiger charge is -2.19. The van der Waals surface area contributed by atoms with E-state index in [4.69, 9.17) is 5.73 Å². The summed E-state index contributed by atoms with van der Waals surface area (Å²) in [7, 11) is 0. The van der Waals surface area contributed by atoms with Gasteiger partial charge in [0, 0.05) is 13.1 Å². The van der Waals surface area contributed by atoms with E-state index >= 15 is 0 Å². The number of nitrogens with one attached hydrogen (secondary N) is 1. The van der Waals surface area contributed by atoms with E-state index in [1.165, 1.54) is 0 Å². The number of amides is 1. The van der Waals surface area contributed by atoms with Crippen molar-refractivity contribution in [2.24, 2.45) is 17.6 Å². The Morgan fingerprint density at radius 2 is 1.86 bits per heavy atom. The van der Waals surface area contributed by atoms with Crippen molar-refractivity contribution in [3.63, 3.8) is 0 Å². The van der Waals surface area contributed by atoms with Crippen LogP contribution in [0.1, 0.15) is 31.7 Å². The highest BCUT2D eigenvalue weighted by molar-refractivity contribution is 5.81. The van der Waals surface area contributed by atoms with Gasteiger partial charge >= 0.3 is 5.97 Å². The molecule has 2 unspecified atom stereocenters. The molecule has 21 heavy (non-hydrogen) atoms. The number of nitrogens with two attached hydrogens (primary N) is 1. The molecule has 1 aromatic rings. The fourth-order valence-electron chi connectivity index (χ4n) is 2.26. The zero-order chi connectivity index (χ0) is 15.8. The van der Waals surface area contributed by atoms with Gasteiger partial charge in [0.05, 0.1) is 11.8 Å². The Morgan fingerprint density at radius 3 is 2.33 bits per heavy atom. The van der Waals surface area contributed by atoms with Gasteiger partial charge in [0.15, 0.2) is 0 Å². The molecule has 0 aromatic heterocycles. The lowest BCUT2D eigenvalue weighted by molar-refractivity contribution is -0.138. The largest absolute Gasteiger partial charge is 0.481 e. The molecule has 5 nitrogen and oxygen atoms in total. The second-order valence-corrected chi connectivity index (χ2v) is 5.61. The first-order chi connectivity index (χ1) is 9.95. The van der Waals surface area contributed by atoms with Gasteiger partial charge in [0.2, 0.25) is 5.91 Å². The van der Waals surface area contributed by atoms with Crippen LogP contribution in [-0.2, 0) is 9.59 Å². The number of hydrogen-bond acceptors (Lipinski definition) is 3. The van der Waals surface area contributed by atoms with E-state index in [1.54, 1.807) is 24.3 Å². The Kier molecular flexibility index (Phi) is 6.88. The Hall–Kier alpha value is -1.88. The first-order valence-electron chi connectivity index (χ1n) is 7.21. The molecule has 1 aromatic carbocycles. The van der Waals surface area contributed by atoms with E-state index in [0.717, 1.165) is 0 Å². The molecule has 0 radical (unpaired) electrons. The minimum atomic E-state index is -0.949. The molecule has 0 aliphatic carbocycles. The molecule has 4 N–H and O–H groups in total. The highest BCUT2D eigenvalue weighted by atomic mass is 16.4. The molecule has 1 rings (SSSR count). The summed E-state index contributed by atoms with van der Waals surface area (Å²) in [5.74, 6) is -1.76. The Balaban J connectivity index is 2.65. The topological polar surface area (TPSA) is 92.4 Å². The number of carboxylic acids is 1. The molecule has 0 spiro atoms. The number of hydrogen-bond donors (Lipinski definition) is 3. The van der Waals surface area contributed by atoms with Crippen LogP contribution in [0.3, 0.4) is 0 Å². The molecule has 1 amide bonds. The van der Waals surface area contributed by atoms with Gasteiger partial charge in [-0.3, -0.25) is 9.59 Å². The number of carboxylic acid groups (broad SMARTS) is 1. The first-order valence-corrected chi connectivity index (χ1v) is 7.21. The molecule has 0 aliphatic heterocycles. The monoisotopic (exact) mass is 292 g/mol. The van der Waals surface area contributed by atoms with E-state index in [0.29, 0.717) is 17.9 Å². The zero-order valence-electron chi connectivity index (χ0n) is 12.6. The van der Waals surface area contributed by atoms with Crippen molar-refractivity contribution in [2.75, 3.05) is 13.1 Å². The highest BCUT2D eigenvalue weighted by Crippen LogP contribution is 2.16. The first kappa shape index (κ1) is 17.2. The number of carbonyl (C=O) groups is 2. The van der Waals surface area contributed by atoms with Crippen LogP contribution in [0, 0.1) is 11.8 Å². The molecule has 2 atom stereocenters. The summed E-state index contributed by atoms with van der Waals surface area (Å²) in [5.41, 5.74) is 6.30. The highest BCUT2D eigenvalue weighted by Gasteiger charge is 2.23. The van der Waals surface area contributed by atoms with Gasteiger partial charge in [0.1, 0.15) is 0 Å². The normalized spacial score (nSPS) is 13.7. The van der Waals surface area contributed by atoms with Gasteiger partial charge in [-0.05, 0) is 17.9 Å². The van der Waals surface area contributed by atoms with Crippen molar-refractivity contribution in [1.29, 1.82) is 0 Å². The van der Waals surface area contributed by atoms with Crippen LogP contribution in [-0.4, -0.2) is 30.1 Å². The third kappa shape index (κ3) is 5.55. The second kappa shape index (κ2) is 8.42. The third-order valence-electron chi connectivity index (χ3n) is 3.39. The van der Waals surface area contributed by atoms with Crippen molar-refractivity contribution in [1.82, 2.24) is 5.32 Å². The summed E-state index contributed by atoms with van der Waals surface area (Å²) in [4.78, 5) is 23.4. The van der Waals surface area contributed by atoms with Crippen molar-refractivity contribution < 1.29 is 14.7 Å². The maximum atomic E-state index is 12.1. The minimum Gasteiger partial charge on any atom is -0.481 e. The lowest BCUT2D eigenvalue weighted by Crippen LogP contribution is -2.39. The molecule has 0 saturated heterocycles. The number of carbonyl (C=O) groups excluding carboxylic acids is 1. The maximum absolute atomic E-state index is 12.1. The van der Waals surface area contributed by atoms with Crippen LogP contribution in [0.2, 0.25) is 0 Å². The Bertz CT molecular complexity index is 460. The summed E-state index contributed by atoms with van der Waals surface area (Å²) in [5, 5.41) is 12.0. The SMILES string of the molecule is CC(C)CC(CN)C(=O)NCC(C(=O)O)c1ccccc1. The van der Waals surface area contributed by atoms with Gasteiger partial charge in [-0.15, -0.1) is 0 Å². The number of rotatable bonds is 8. The molecule has 0 heterocycles. The Morgan fingerprint density at radius 1 is 1.24 bits per heavy atom. The molecule has 5 heteroatoms. The summed E-state index contributed by atoms with van der Waals surface area (Å²) < 4.78 is 0. The molecule has 0 aliphatic rings. The van der Waals surface area contributed by atoms with E-state index in [2.05, 4.69) is 5.32 Å². The van der Waals surface area contributed by atoms with Crippen molar-refractivity contribution in [2.45, 2.75) is 26.2 Å². The van der Waals surface area contributed by atoms with Crippen LogP contribution in [0.5, 0.6) is 0 Å². The third-order valence-corrected chi connectivity index (χ3v) is 3.39.